The van der Waals surface area contributed by atoms with Crippen molar-refractivity contribution in [2.24, 2.45) is 23.7 Å². The number of anilines is 3. The van der Waals surface area contributed by atoms with E-state index in [0.29, 0.717) is 54.0 Å². The van der Waals surface area contributed by atoms with Crippen molar-refractivity contribution in [2.45, 2.75) is 138 Å². The third-order valence-corrected chi connectivity index (χ3v) is 18.2. The molecule has 11 unspecified atom stereocenters. The molecule has 1 aliphatic heterocycles. The van der Waals surface area contributed by atoms with Crippen molar-refractivity contribution < 1.29 is 0 Å². The summed E-state index contributed by atoms with van der Waals surface area (Å²) in [5, 5.41) is 0. The molecule has 1 saturated heterocycles. The van der Waals surface area contributed by atoms with Crippen molar-refractivity contribution in [3.05, 3.63) is 200 Å². The Morgan fingerprint density at radius 3 is 1.48 bits per heavy atom. The zero-order chi connectivity index (χ0) is 45.9. The van der Waals surface area contributed by atoms with Crippen LogP contribution in [0.2, 0.25) is 0 Å². The van der Waals surface area contributed by atoms with Gasteiger partial charge in [-0.15, -0.1) is 0 Å². The first-order valence-corrected chi connectivity index (χ1v) is 27.3. The summed E-state index contributed by atoms with van der Waals surface area (Å²) in [6, 6.07) is 67.7. The van der Waals surface area contributed by atoms with Gasteiger partial charge in [-0.1, -0.05) is 190 Å². The second-order valence-corrected chi connectivity index (χ2v) is 22.0. The maximum Gasteiger partial charge on any atom is 0.0545 e. The van der Waals surface area contributed by atoms with Gasteiger partial charge in [0.25, 0.3) is 0 Å². The zero-order valence-corrected chi connectivity index (χ0v) is 40.8. The molecule has 5 aliphatic carbocycles. The summed E-state index contributed by atoms with van der Waals surface area (Å²) in [7, 11) is 0. The molecule has 352 valence electrons. The summed E-state index contributed by atoms with van der Waals surface area (Å²) in [5.41, 5.74) is 11.2. The Morgan fingerprint density at radius 2 is 0.884 bits per heavy atom. The lowest BCUT2D eigenvalue weighted by molar-refractivity contribution is 0.154. The molecule has 0 bridgehead atoms. The van der Waals surface area contributed by atoms with Crippen LogP contribution in [0.4, 0.5) is 17.1 Å². The fourth-order valence-electron chi connectivity index (χ4n) is 15.3. The molecule has 0 aromatic heterocycles. The van der Waals surface area contributed by atoms with Gasteiger partial charge >= 0.3 is 0 Å². The van der Waals surface area contributed by atoms with Crippen molar-refractivity contribution in [3.63, 3.8) is 0 Å². The molecule has 69 heavy (non-hydrogen) atoms. The lowest BCUT2D eigenvalue weighted by Crippen LogP contribution is -2.52. The van der Waals surface area contributed by atoms with E-state index in [2.05, 4.69) is 209 Å². The Kier molecular flexibility index (Phi) is 13.0. The van der Waals surface area contributed by atoms with Crippen molar-refractivity contribution >= 4 is 17.1 Å². The fourth-order valence-corrected chi connectivity index (χ4v) is 15.3. The molecule has 3 nitrogen and oxygen atoms in total. The highest BCUT2D eigenvalue weighted by molar-refractivity contribution is 5.70. The van der Waals surface area contributed by atoms with Crippen LogP contribution in [0.5, 0.6) is 0 Å². The van der Waals surface area contributed by atoms with E-state index in [1.807, 2.05) is 0 Å². The molecule has 12 rings (SSSR count). The van der Waals surface area contributed by atoms with Crippen LogP contribution < -0.4 is 14.7 Å². The quantitative estimate of drug-likeness (QED) is 0.128. The van der Waals surface area contributed by atoms with Gasteiger partial charge in [-0.2, -0.15) is 0 Å². The molecule has 1 heterocycles. The first kappa shape index (κ1) is 44.4. The number of nitrogens with zero attached hydrogens (tertiary/aromatic N) is 3. The van der Waals surface area contributed by atoms with E-state index in [4.69, 9.17) is 0 Å². The maximum absolute atomic E-state index is 3.05. The van der Waals surface area contributed by atoms with E-state index in [-0.39, 0.29) is 0 Å². The van der Waals surface area contributed by atoms with Gasteiger partial charge in [-0.3, -0.25) is 0 Å². The number of fused-ring (bicyclic) bond motifs is 3. The molecule has 0 N–H and O–H groups in total. The van der Waals surface area contributed by atoms with Gasteiger partial charge in [0, 0.05) is 53.2 Å². The van der Waals surface area contributed by atoms with E-state index in [1.54, 1.807) is 0 Å². The molecule has 0 spiro atoms. The second-order valence-electron chi connectivity index (χ2n) is 22.0. The van der Waals surface area contributed by atoms with E-state index in [1.165, 1.54) is 141 Å². The minimum atomic E-state index is 0.442. The van der Waals surface area contributed by atoms with E-state index in [0.717, 1.165) is 11.8 Å². The van der Waals surface area contributed by atoms with Gasteiger partial charge in [0.05, 0.1) is 6.04 Å². The highest BCUT2D eigenvalue weighted by Gasteiger charge is 2.51. The SMILES string of the molecule is C1=CC2C3CC(N(c4cccc(-c5ccccc5)c4)C4CCCC(C5CCCC(N(c6cccc(-c7ccccc7)c6)C6CCCC(c7ccccc7)C6)C5)C4)CCC3N(c3ccccc3)C2C=C1. The molecule has 11 atom stereocenters. The van der Waals surface area contributed by atoms with Crippen LogP contribution in [0.15, 0.2) is 194 Å². The largest absolute Gasteiger partial charge is 0.366 e. The Hall–Kier alpha value is -5.80. The molecule has 6 aromatic rings. The van der Waals surface area contributed by atoms with E-state index < -0.39 is 0 Å². The van der Waals surface area contributed by atoms with Gasteiger partial charge in [0.1, 0.15) is 0 Å². The van der Waals surface area contributed by atoms with Gasteiger partial charge < -0.3 is 14.7 Å². The summed E-state index contributed by atoms with van der Waals surface area (Å²) in [4.78, 5) is 8.87. The van der Waals surface area contributed by atoms with Crippen molar-refractivity contribution in [3.8, 4) is 22.3 Å². The lowest BCUT2D eigenvalue weighted by atomic mass is 9.69. The maximum atomic E-state index is 3.05. The average molecular weight is 908 g/mol. The Morgan fingerprint density at radius 1 is 0.391 bits per heavy atom. The molecule has 0 amide bonds. The Bertz CT molecular complexity index is 2660. The molecule has 6 aliphatic rings. The van der Waals surface area contributed by atoms with Crippen molar-refractivity contribution in [2.75, 3.05) is 14.7 Å². The monoisotopic (exact) mass is 908 g/mol. The molecule has 0 radical (unpaired) electrons. The normalized spacial score (nSPS) is 29.7. The summed E-state index contributed by atoms with van der Waals surface area (Å²) >= 11 is 0. The fraction of sp³-hybridized carbons (Fsp3) is 0.394. The first-order valence-electron chi connectivity index (χ1n) is 27.3. The lowest BCUT2D eigenvalue weighted by Gasteiger charge is -2.50. The smallest absolute Gasteiger partial charge is 0.0545 e. The third-order valence-electron chi connectivity index (χ3n) is 18.2. The number of allylic oxidation sites excluding steroid dienone is 2. The zero-order valence-electron chi connectivity index (χ0n) is 40.8. The standard InChI is InChI=1S/C66H73N3/c1-5-20-48(21-6-1)51-26-15-33-57(42-51)67(58-34-16-27-52(43-58)49-22-7-2-8-23-49)60-36-18-29-54(45-60)55-30-19-37-61(46-55)68(59-35-17-28-53(44-59)50-24-9-3-10-25-50)62-40-41-66-64(47-62)63-38-13-14-39-65(63)69(66)56-31-11-4-12-32-56/h1-15,17,20-26,28,31-33,35,38-39,42,44,52,54-55,58,60-66H,16,18-19,27,29-30,34,36-37,40-41,43,45-47H2. The predicted molar refractivity (Wildman–Crippen MR) is 291 cm³/mol. The Balaban J connectivity index is 0.840. The number of benzene rings is 6. The summed E-state index contributed by atoms with van der Waals surface area (Å²) < 4.78 is 0. The van der Waals surface area contributed by atoms with Gasteiger partial charge in [-0.25, -0.2) is 0 Å². The number of hydrogen-bond acceptors (Lipinski definition) is 3. The summed E-state index contributed by atoms with van der Waals surface area (Å²) in [6.07, 6.45) is 29.4. The molecular formula is C66H73N3. The molecule has 5 fully saturated rings. The van der Waals surface area contributed by atoms with E-state index in [9.17, 15) is 0 Å². The van der Waals surface area contributed by atoms with Crippen LogP contribution >= 0.6 is 0 Å². The van der Waals surface area contributed by atoms with Crippen LogP contribution in [0.1, 0.15) is 108 Å². The van der Waals surface area contributed by atoms with Crippen molar-refractivity contribution in [1.29, 1.82) is 0 Å². The first-order chi connectivity index (χ1) is 34.2. The molecule has 6 aromatic carbocycles. The highest BCUT2D eigenvalue weighted by atomic mass is 15.3. The van der Waals surface area contributed by atoms with Crippen LogP contribution in [0, 0.1) is 23.7 Å². The van der Waals surface area contributed by atoms with Gasteiger partial charge in [-0.05, 0) is 152 Å². The Labute approximate surface area is 414 Å². The molecule has 4 saturated carbocycles. The van der Waals surface area contributed by atoms with Gasteiger partial charge in [0.15, 0.2) is 0 Å². The minimum Gasteiger partial charge on any atom is -0.366 e. The third kappa shape index (κ3) is 9.24. The van der Waals surface area contributed by atoms with Crippen LogP contribution in [-0.4, -0.2) is 36.3 Å². The predicted octanol–water partition coefficient (Wildman–Crippen LogP) is 16.3. The summed E-state index contributed by atoms with van der Waals surface area (Å²) in [6.45, 7) is 0. The van der Waals surface area contributed by atoms with Crippen LogP contribution in [0.3, 0.4) is 0 Å². The second kappa shape index (κ2) is 20.3. The highest BCUT2D eigenvalue weighted by Crippen LogP contribution is 2.51. The van der Waals surface area contributed by atoms with Crippen LogP contribution in [0.25, 0.3) is 22.3 Å². The summed E-state index contributed by atoms with van der Waals surface area (Å²) in [5.74, 6) is 3.36. The van der Waals surface area contributed by atoms with Crippen LogP contribution in [-0.2, 0) is 0 Å². The van der Waals surface area contributed by atoms with Crippen molar-refractivity contribution in [1.82, 2.24) is 0 Å². The number of rotatable bonds is 11. The van der Waals surface area contributed by atoms with Gasteiger partial charge in [0.2, 0.25) is 0 Å². The van der Waals surface area contributed by atoms with E-state index >= 15 is 0 Å². The number of hydrogen-bond donors (Lipinski definition) is 0. The number of para-hydroxylation sites is 1. The minimum absolute atomic E-state index is 0.442. The average Bonchev–Trinajstić information content (AvgIpc) is 3.76. The topological polar surface area (TPSA) is 9.72 Å². The molecule has 3 heteroatoms. The molecular weight excluding hydrogens is 835 g/mol.